The number of hydrogen-bond donors (Lipinski definition) is 0. The molecule has 0 unspecified atom stereocenters. The summed E-state index contributed by atoms with van der Waals surface area (Å²) >= 11 is 0. The first-order chi connectivity index (χ1) is 22.2. The standard InChI is InChI=1S/C21H18F2O2P.C18H13F2.Fe/c1-14(25-15(2)24)20-4-3-5-21(20)26(18-10-6-16(22)7-11-18)19-12-8-17(23)9-13-19;19-16-9-5-14(6-10-16)18(13-3-1-2-4-13)15-7-11-17(20)12-8-15;/h3-14H,1-2H3;1-12,18H;/t14-;;/m1../s1. The van der Waals surface area contributed by atoms with E-state index in [9.17, 15) is 22.4 Å². The van der Waals surface area contributed by atoms with Crippen LogP contribution in [0, 0.1) is 85.7 Å². The van der Waals surface area contributed by atoms with Crippen molar-refractivity contribution < 1.29 is 44.2 Å². The van der Waals surface area contributed by atoms with E-state index in [2.05, 4.69) is 0 Å². The predicted molar refractivity (Wildman–Crippen MR) is 175 cm³/mol. The second kappa shape index (κ2) is 17.4. The van der Waals surface area contributed by atoms with Crippen LogP contribution < -0.4 is 10.6 Å². The fourth-order valence-corrected chi connectivity index (χ4v) is 7.86. The van der Waals surface area contributed by atoms with E-state index in [0.717, 1.165) is 39.2 Å². The smallest absolute Gasteiger partial charge is 0.302 e. The maximum Gasteiger partial charge on any atom is 0.302 e. The van der Waals surface area contributed by atoms with Gasteiger partial charge in [0.05, 0.1) is 0 Å². The average molecular weight is 694 g/mol. The van der Waals surface area contributed by atoms with Crippen molar-refractivity contribution in [3.8, 4) is 0 Å². The third-order valence-electron chi connectivity index (χ3n) is 7.45. The van der Waals surface area contributed by atoms with Crippen molar-refractivity contribution in [1.82, 2.24) is 0 Å². The van der Waals surface area contributed by atoms with Gasteiger partial charge in [0, 0.05) is 41.5 Å². The first kappa shape index (κ1) is 36.8. The van der Waals surface area contributed by atoms with Gasteiger partial charge in [-0.15, -0.1) is 0 Å². The van der Waals surface area contributed by atoms with E-state index >= 15 is 0 Å². The van der Waals surface area contributed by atoms with E-state index in [0.29, 0.717) is 0 Å². The topological polar surface area (TPSA) is 26.3 Å². The summed E-state index contributed by atoms with van der Waals surface area (Å²) < 4.78 is 58.3. The van der Waals surface area contributed by atoms with Gasteiger partial charge < -0.3 is 4.74 Å². The zero-order valence-corrected chi connectivity index (χ0v) is 27.6. The third-order valence-corrected chi connectivity index (χ3v) is 9.96. The Bertz CT molecular complexity index is 1450. The van der Waals surface area contributed by atoms with E-state index in [1.54, 1.807) is 48.5 Å². The monoisotopic (exact) mass is 694 g/mol. The molecule has 0 spiro atoms. The van der Waals surface area contributed by atoms with Crippen LogP contribution in [0.5, 0.6) is 0 Å². The van der Waals surface area contributed by atoms with Gasteiger partial charge in [0.1, 0.15) is 29.4 Å². The molecule has 0 aromatic heterocycles. The molecular formula is C39H31F4FeO2P. The third kappa shape index (κ3) is 9.78. The molecule has 2 nitrogen and oxygen atoms in total. The van der Waals surface area contributed by atoms with Gasteiger partial charge in [-0.1, -0.05) is 48.5 Å². The number of carbonyl (C=O) groups is 1. The minimum atomic E-state index is -1.04. The summed E-state index contributed by atoms with van der Waals surface area (Å²) in [7, 11) is -1.04. The predicted octanol–water partition coefficient (Wildman–Crippen LogP) is 8.58. The number of hydrogen-bond acceptors (Lipinski definition) is 2. The first-order valence-electron chi connectivity index (χ1n) is 14.7. The van der Waals surface area contributed by atoms with Gasteiger partial charge in [-0.05, 0) is 136 Å². The summed E-state index contributed by atoms with van der Waals surface area (Å²) in [5.74, 6) is 0.535. The molecule has 0 amide bonds. The van der Waals surface area contributed by atoms with E-state index in [1.165, 1.54) is 55.5 Å². The molecule has 240 valence electrons. The number of benzene rings is 4. The Morgan fingerprint density at radius 1 is 0.596 bits per heavy atom. The van der Waals surface area contributed by atoms with Gasteiger partial charge in [0.15, 0.2) is 0 Å². The summed E-state index contributed by atoms with van der Waals surface area (Å²) in [4.78, 5) is 11.3. The minimum Gasteiger partial charge on any atom is -0.462 e. The molecule has 0 bridgehead atoms. The second-order valence-corrected chi connectivity index (χ2v) is 12.8. The fraction of sp³-hybridized carbons (Fsp3) is 0.103. The van der Waals surface area contributed by atoms with Gasteiger partial charge in [0.25, 0.3) is 0 Å². The molecule has 4 aromatic rings. The van der Waals surface area contributed by atoms with Crippen molar-refractivity contribution in [3.63, 3.8) is 0 Å². The first-order valence-corrected chi connectivity index (χ1v) is 16.0. The molecule has 2 aliphatic carbocycles. The average Bonchev–Trinajstić information content (AvgIpc) is 3.75. The molecule has 2 saturated carbocycles. The van der Waals surface area contributed by atoms with Gasteiger partial charge >= 0.3 is 5.97 Å². The SMILES string of the molecule is CC(=O)O[C@H](C)[C]1[CH][CH][CH][C]1P(c1ccc(F)cc1)c1ccc(F)cc1.Fc1ccc(C([C]2[CH][CH][CH][CH]2)c2ccc(F)cc2)cc1.[Fe]. The van der Waals surface area contributed by atoms with Crippen LogP contribution in [0.15, 0.2) is 97.1 Å². The molecule has 0 heterocycles. The summed E-state index contributed by atoms with van der Waals surface area (Å²) in [5.41, 5.74) is 2.99. The Morgan fingerprint density at radius 3 is 1.40 bits per heavy atom. The Labute approximate surface area is 287 Å². The molecule has 2 fully saturated rings. The molecule has 47 heavy (non-hydrogen) atoms. The molecule has 2 aliphatic rings. The fourth-order valence-electron chi connectivity index (χ4n) is 5.36. The second-order valence-electron chi connectivity index (χ2n) is 10.7. The molecule has 0 saturated heterocycles. The molecular weight excluding hydrogens is 663 g/mol. The van der Waals surface area contributed by atoms with E-state index in [1.807, 2.05) is 51.9 Å². The van der Waals surface area contributed by atoms with Crippen LogP contribution in [0.2, 0.25) is 0 Å². The largest absolute Gasteiger partial charge is 0.462 e. The van der Waals surface area contributed by atoms with Crippen molar-refractivity contribution >= 4 is 24.5 Å². The Kier molecular flexibility index (Phi) is 13.7. The summed E-state index contributed by atoms with van der Waals surface area (Å²) in [6, 6.07) is 25.6. The zero-order valence-electron chi connectivity index (χ0n) is 25.6. The van der Waals surface area contributed by atoms with Crippen LogP contribution in [-0.2, 0) is 26.6 Å². The maximum atomic E-state index is 13.4. The van der Waals surface area contributed by atoms with Crippen LogP contribution in [0.3, 0.4) is 0 Å². The molecule has 8 heteroatoms. The van der Waals surface area contributed by atoms with Gasteiger partial charge in [0.2, 0.25) is 0 Å². The van der Waals surface area contributed by atoms with Crippen molar-refractivity contribution in [2.24, 2.45) is 0 Å². The summed E-state index contributed by atoms with van der Waals surface area (Å²) in [5, 5.41) is 1.88. The number of carbonyl (C=O) groups excluding carboxylic acids is 1. The van der Waals surface area contributed by atoms with Crippen LogP contribution in [0.1, 0.15) is 30.9 Å². The Balaban J connectivity index is 0.000000215. The molecule has 0 N–H and O–H groups in total. The normalized spacial score (nSPS) is 16.1. The summed E-state index contributed by atoms with van der Waals surface area (Å²) in [6.45, 7) is 3.20. The number of halogens is 4. The van der Waals surface area contributed by atoms with E-state index < -0.39 is 14.0 Å². The van der Waals surface area contributed by atoms with Crippen LogP contribution in [-0.4, -0.2) is 12.1 Å². The van der Waals surface area contributed by atoms with Crippen LogP contribution >= 0.6 is 7.92 Å². The molecule has 4 aromatic carbocycles. The Hall–Kier alpha value is -2.98. The summed E-state index contributed by atoms with van der Waals surface area (Å²) in [6.07, 6.45) is 13.4. The quantitative estimate of drug-likeness (QED) is 0.0800. The van der Waals surface area contributed by atoms with Crippen molar-refractivity contribution in [2.45, 2.75) is 25.9 Å². The van der Waals surface area contributed by atoms with Gasteiger partial charge in [-0.2, -0.15) is 0 Å². The van der Waals surface area contributed by atoms with Gasteiger partial charge in [-0.3, -0.25) is 4.79 Å². The molecule has 0 aliphatic heterocycles. The molecule has 6 rings (SSSR count). The van der Waals surface area contributed by atoms with E-state index in [-0.39, 0.29) is 52.2 Å². The number of rotatable bonds is 8. The van der Waals surface area contributed by atoms with E-state index in [4.69, 9.17) is 4.74 Å². The molecule has 10 radical (unpaired) electrons. The zero-order chi connectivity index (χ0) is 32.6. The van der Waals surface area contributed by atoms with Gasteiger partial charge in [-0.25, -0.2) is 17.6 Å². The number of ether oxygens (including phenoxy) is 1. The van der Waals surface area contributed by atoms with Crippen molar-refractivity contribution in [3.05, 3.63) is 194 Å². The van der Waals surface area contributed by atoms with Crippen molar-refractivity contribution in [2.75, 3.05) is 0 Å². The van der Waals surface area contributed by atoms with Crippen LogP contribution in [0.4, 0.5) is 17.6 Å². The Morgan fingerprint density at radius 2 is 1.00 bits per heavy atom. The van der Waals surface area contributed by atoms with Crippen LogP contribution in [0.25, 0.3) is 0 Å². The number of esters is 1. The van der Waals surface area contributed by atoms with Crippen molar-refractivity contribution in [1.29, 1.82) is 0 Å². The minimum absolute atomic E-state index is 0. The maximum absolute atomic E-state index is 13.4. The molecule has 1 atom stereocenters.